The van der Waals surface area contributed by atoms with E-state index in [1.807, 2.05) is 6.92 Å². The quantitative estimate of drug-likeness (QED) is 0.780. The maximum Gasteiger partial charge on any atom is 0.256 e. The van der Waals surface area contributed by atoms with Crippen molar-refractivity contribution in [1.29, 1.82) is 0 Å². The summed E-state index contributed by atoms with van der Waals surface area (Å²) in [5.74, 6) is 0.461. The molecule has 1 aliphatic carbocycles. The molecule has 1 amide bonds. The highest BCUT2D eigenvalue weighted by Crippen LogP contribution is 2.31. The second kappa shape index (κ2) is 6.65. The molecule has 1 saturated carbocycles. The van der Waals surface area contributed by atoms with Crippen molar-refractivity contribution in [2.45, 2.75) is 38.3 Å². The van der Waals surface area contributed by atoms with Gasteiger partial charge in [0.2, 0.25) is 5.43 Å². The van der Waals surface area contributed by atoms with Crippen LogP contribution >= 0.6 is 0 Å². The number of fused-ring (bicyclic) bond motifs is 1. The second-order valence-corrected chi connectivity index (χ2v) is 6.32. The Morgan fingerprint density at radius 2 is 2.21 bits per heavy atom. The van der Waals surface area contributed by atoms with E-state index in [9.17, 15) is 14.7 Å². The first-order valence-corrected chi connectivity index (χ1v) is 8.21. The Labute approximate surface area is 139 Å². The van der Waals surface area contributed by atoms with Crippen LogP contribution in [0, 0.1) is 5.92 Å². The first kappa shape index (κ1) is 16.5. The van der Waals surface area contributed by atoms with Crippen molar-refractivity contribution in [1.82, 2.24) is 10.3 Å². The zero-order chi connectivity index (χ0) is 17.3. The van der Waals surface area contributed by atoms with Gasteiger partial charge in [-0.1, -0.05) is 6.92 Å². The van der Waals surface area contributed by atoms with Crippen molar-refractivity contribution in [3.63, 3.8) is 0 Å². The molecule has 6 nitrogen and oxygen atoms in total. The molecule has 0 radical (unpaired) electrons. The smallest absolute Gasteiger partial charge is 0.256 e. The van der Waals surface area contributed by atoms with Gasteiger partial charge in [0.15, 0.2) is 0 Å². The van der Waals surface area contributed by atoms with E-state index in [-0.39, 0.29) is 35.0 Å². The van der Waals surface area contributed by atoms with Gasteiger partial charge in [-0.15, -0.1) is 0 Å². The van der Waals surface area contributed by atoms with Crippen molar-refractivity contribution >= 4 is 16.8 Å². The van der Waals surface area contributed by atoms with Crippen LogP contribution in [0.25, 0.3) is 10.9 Å². The lowest BCUT2D eigenvalue weighted by molar-refractivity contribution is 0.0232. The lowest BCUT2D eigenvalue weighted by Crippen LogP contribution is -2.47. The van der Waals surface area contributed by atoms with Crippen LogP contribution < -0.4 is 15.5 Å². The Kier molecular flexibility index (Phi) is 4.57. The van der Waals surface area contributed by atoms with Crippen molar-refractivity contribution in [2.24, 2.45) is 5.92 Å². The van der Waals surface area contributed by atoms with E-state index in [0.29, 0.717) is 29.5 Å². The summed E-state index contributed by atoms with van der Waals surface area (Å²) in [6.45, 7) is 1.99. The minimum absolute atomic E-state index is 0.0266. The molecule has 128 valence electrons. The molecule has 1 aromatic carbocycles. The maximum atomic E-state index is 12.6. The van der Waals surface area contributed by atoms with Gasteiger partial charge in [-0.05, 0) is 43.4 Å². The van der Waals surface area contributed by atoms with E-state index < -0.39 is 0 Å². The number of carbonyl (C=O) groups excluding carboxylic acids is 1. The van der Waals surface area contributed by atoms with Crippen LogP contribution in [0.5, 0.6) is 5.75 Å². The van der Waals surface area contributed by atoms with Gasteiger partial charge in [-0.3, -0.25) is 9.59 Å². The molecule has 3 N–H and O–H groups in total. The molecular formula is C18H22N2O4. The van der Waals surface area contributed by atoms with Gasteiger partial charge in [0, 0.05) is 23.1 Å². The van der Waals surface area contributed by atoms with Gasteiger partial charge in [0.25, 0.3) is 5.91 Å². The van der Waals surface area contributed by atoms with Crippen molar-refractivity contribution in [2.75, 3.05) is 7.11 Å². The summed E-state index contributed by atoms with van der Waals surface area (Å²) >= 11 is 0. The molecule has 0 unspecified atom stereocenters. The number of carbonyl (C=O) groups is 1. The summed E-state index contributed by atoms with van der Waals surface area (Å²) in [6, 6.07) is 5.11. The molecule has 2 aromatic rings. The number of rotatable bonds is 5. The summed E-state index contributed by atoms with van der Waals surface area (Å²) in [5.41, 5.74) is 0.434. The number of ether oxygens (including phenoxy) is 1. The molecule has 0 aliphatic heterocycles. The predicted molar refractivity (Wildman–Crippen MR) is 91.4 cm³/mol. The van der Waals surface area contributed by atoms with Gasteiger partial charge in [0.05, 0.1) is 13.2 Å². The average Bonchev–Trinajstić information content (AvgIpc) is 2.57. The van der Waals surface area contributed by atoms with Gasteiger partial charge < -0.3 is 20.1 Å². The zero-order valence-electron chi connectivity index (χ0n) is 13.8. The van der Waals surface area contributed by atoms with Crippen LogP contribution in [0.1, 0.15) is 36.5 Å². The Hall–Kier alpha value is -2.34. The van der Waals surface area contributed by atoms with E-state index in [0.717, 1.165) is 6.42 Å². The molecule has 6 heteroatoms. The fraction of sp³-hybridized carbons (Fsp3) is 0.444. The van der Waals surface area contributed by atoms with Crippen LogP contribution in [0.15, 0.2) is 29.2 Å². The molecule has 0 bridgehead atoms. The summed E-state index contributed by atoms with van der Waals surface area (Å²) < 4.78 is 5.15. The number of aromatic nitrogens is 1. The number of aromatic amines is 1. The van der Waals surface area contributed by atoms with Crippen LogP contribution in [-0.2, 0) is 0 Å². The van der Waals surface area contributed by atoms with Crippen molar-refractivity contribution in [3.05, 3.63) is 40.2 Å². The number of pyridine rings is 1. The van der Waals surface area contributed by atoms with Gasteiger partial charge in [-0.2, -0.15) is 0 Å². The largest absolute Gasteiger partial charge is 0.497 e. The number of H-pyrrole nitrogens is 1. The summed E-state index contributed by atoms with van der Waals surface area (Å²) in [4.78, 5) is 28.2. The number of nitrogens with one attached hydrogen (secondary N) is 2. The number of amides is 1. The third-order valence-corrected chi connectivity index (χ3v) is 4.81. The highest BCUT2D eigenvalue weighted by Gasteiger charge is 2.34. The van der Waals surface area contributed by atoms with Crippen LogP contribution in [0.3, 0.4) is 0 Å². The Morgan fingerprint density at radius 3 is 2.83 bits per heavy atom. The topological polar surface area (TPSA) is 91.4 Å². The SMILES string of the molecule is CC[C@@H](NC(=O)c1c[nH]c2ccc(OC)cc2c1=O)C1CC(O)C1. The molecule has 1 atom stereocenters. The van der Waals surface area contributed by atoms with Crippen LogP contribution in [0.2, 0.25) is 0 Å². The van der Waals surface area contributed by atoms with E-state index in [4.69, 9.17) is 4.74 Å². The monoisotopic (exact) mass is 330 g/mol. The number of hydrogen-bond acceptors (Lipinski definition) is 4. The number of benzene rings is 1. The third-order valence-electron chi connectivity index (χ3n) is 4.81. The molecule has 1 aliphatic rings. The Balaban J connectivity index is 1.86. The predicted octanol–water partition coefficient (Wildman–Crippen LogP) is 1.82. The first-order chi connectivity index (χ1) is 11.5. The molecule has 1 fully saturated rings. The lowest BCUT2D eigenvalue weighted by Gasteiger charge is -2.37. The highest BCUT2D eigenvalue weighted by atomic mass is 16.5. The number of methoxy groups -OCH3 is 1. The maximum absolute atomic E-state index is 12.6. The zero-order valence-corrected chi connectivity index (χ0v) is 13.8. The molecule has 24 heavy (non-hydrogen) atoms. The third kappa shape index (κ3) is 3.01. The van der Waals surface area contributed by atoms with Crippen LogP contribution in [-0.4, -0.2) is 35.3 Å². The fourth-order valence-corrected chi connectivity index (χ4v) is 3.25. The fourth-order valence-electron chi connectivity index (χ4n) is 3.25. The number of aliphatic hydroxyl groups is 1. The first-order valence-electron chi connectivity index (χ1n) is 8.21. The standard InChI is InChI=1S/C18H22N2O4/c1-3-15(10-6-11(21)7-10)20-18(23)14-9-19-16-5-4-12(24-2)8-13(16)17(14)22/h4-5,8-11,15,21H,3,6-7H2,1-2H3,(H,19,22)(H,20,23)/t10?,11?,15-/m1/s1. The molecular weight excluding hydrogens is 308 g/mol. The molecule has 0 saturated heterocycles. The average molecular weight is 330 g/mol. The van der Waals surface area contributed by atoms with Gasteiger partial charge >= 0.3 is 0 Å². The van der Waals surface area contributed by atoms with Crippen LogP contribution in [0.4, 0.5) is 0 Å². The summed E-state index contributed by atoms with van der Waals surface area (Å²) in [6.07, 6.45) is 3.35. The van der Waals surface area contributed by atoms with E-state index >= 15 is 0 Å². The molecule has 0 spiro atoms. The van der Waals surface area contributed by atoms with Crippen molar-refractivity contribution < 1.29 is 14.6 Å². The Morgan fingerprint density at radius 1 is 1.46 bits per heavy atom. The molecule has 3 rings (SSSR count). The van der Waals surface area contributed by atoms with E-state index in [1.54, 1.807) is 18.2 Å². The van der Waals surface area contributed by atoms with E-state index in [1.165, 1.54) is 13.3 Å². The number of hydrogen-bond donors (Lipinski definition) is 3. The van der Waals surface area contributed by atoms with Gasteiger partial charge in [0.1, 0.15) is 11.3 Å². The lowest BCUT2D eigenvalue weighted by atomic mass is 9.76. The normalized spacial score (nSPS) is 21.1. The minimum Gasteiger partial charge on any atom is -0.497 e. The van der Waals surface area contributed by atoms with E-state index in [2.05, 4.69) is 10.3 Å². The highest BCUT2D eigenvalue weighted by molar-refractivity contribution is 5.97. The van der Waals surface area contributed by atoms with Crippen molar-refractivity contribution in [3.8, 4) is 5.75 Å². The molecule has 1 aromatic heterocycles. The summed E-state index contributed by atoms with van der Waals surface area (Å²) in [5, 5.41) is 12.8. The summed E-state index contributed by atoms with van der Waals surface area (Å²) in [7, 11) is 1.53. The second-order valence-electron chi connectivity index (χ2n) is 6.32. The van der Waals surface area contributed by atoms with Gasteiger partial charge in [-0.25, -0.2) is 0 Å². The number of aliphatic hydroxyl groups excluding tert-OH is 1. The minimum atomic E-state index is -0.380. The molecule has 1 heterocycles. The Bertz CT molecular complexity index is 808.